The van der Waals surface area contributed by atoms with Gasteiger partial charge in [-0.3, -0.25) is 4.40 Å². The molecule has 0 saturated carbocycles. The number of hydrogen-bond donors (Lipinski definition) is 0. The molecule has 2 aromatic heterocycles. The van der Waals surface area contributed by atoms with Crippen LogP contribution in [0.15, 0.2) is 152 Å². The minimum absolute atomic E-state index is 0.868. The van der Waals surface area contributed by atoms with E-state index in [9.17, 15) is 0 Å². The van der Waals surface area contributed by atoms with Gasteiger partial charge in [-0.2, -0.15) is 0 Å². The summed E-state index contributed by atoms with van der Waals surface area (Å²) in [4.78, 5) is 5.14. The topological polar surface area (TPSA) is 17.3 Å². The fourth-order valence-corrected chi connectivity index (χ4v) is 7.85. The first-order valence-corrected chi connectivity index (χ1v) is 16.0. The van der Waals surface area contributed by atoms with E-state index < -0.39 is 0 Å². The third kappa shape index (κ3) is 3.56. The Morgan fingerprint density at radius 3 is 2.13 bits per heavy atom. The smallest absolute Gasteiger partial charge is 0.146 e. The van der Waals surface area contributed by atoms with Crippen molar-refractivity contribution in [2.75, 3.05) is 0 Å². The molecule has 0 spiro atoms. The molecule has 7 aromatic carbocycles. The Hall–Kier alpha value is -5.99. The average Bonchev–Trinajstić information content (AvgIpc) is 3.35. The maximum atomic E-state index is 5.14. The van der Waals surface area contributed by atoms with Gasteiger partial charge in [-0.05, 0) is 84.9 Å². The monoisotopic (exact) mass is 584 g/mol. The summed E-state index contributed by atoms with van der Waals surface area (Å²) in [6.07, 6.45) is 9.88. The van der Waals surface area contributed by atoms with Gasteiger partial charge in [0.15, 0.2) is 0 Å². The van der Waals surface area contributed by atoms with Crippen LogP contribution in [0.2, 0.25) is 0 Å². The van der Waals surface area contributed by atoms with E-state index in [0.29, 0.717) is 0 Å². The maximum absolute atomic E-state index is 5.14. The van der Waals surface area contributed by atoms with E-state index in [1.165, 1.54) is 76.6 Å². The Balaban J connectivity index is 1.36. The molecular weight excluding hydrogens is 556 g/mol. The van der Waals surface area contributed by atoms with Crippen LogP contribution in [0.5, 0.6) is 0 Å². The summed E-state index contributed by atoms with van der Waals surface area (Å²) >= 11 is 0. The molecule has 0 unspecified atom stereocenters. The highest BCUT2D eigenvalue weighted by Crippen LogP contribution is 2.46. The Kier molecular flexibility index (Phi) is 5.38. The summed E-state index contributed by atoms with van der Waals surface area (Å²) in [5.74, 6) is 0. The highest BCUT2D eigenvalue weighted by molar-refractivity contribution is 6.17. The number of aromatic nitrogens is 2. The summed E-state index contributed by atoms with van der Waals surface area (Å²) in [7, 11) is 0. The zero-order valence-corrected chi connectivity index (χ0v) is 25.1. The van der Waals surface area contributed by atoms with Crippen LogP contribution in [0.3, 0.4) is 0 Å². The molecule has 2 heteroatoms. The summed E-state index contributed by atoms with van der Waals surface area (Å²) in [5.41, 5.74) is 12.1. The number of pyridine rings is 1. The molecule has 2 nitrogen and oxygen atoms in total. The average molecular weight is 585 g/mol. The Morgan fingerprint density at radius 1 is 0.522 bits per heavy atom. The van der Waals surface area contributed by atoms with Gasteiger partial charge in [0.2, 0.25) is 0 Å². The lowest BCUT2D eigenvalue weighted by Gasteiger charge is -2.22. The number of imidazole rings is 1. The van der Waals surface area contributed by atoms with Crippen molar-refractivity contribution in [3.8, 4) is 22.3 Å². The molecule has 1 aliphatic carbocycles. The molecule has 9 aromatic rings. The predicted octanol–water partition coefficient (Wildman–Crippen LogP) is 11.6. The zero-order valence-electron chi connectivity index (χ0n) is 25.1. The highest BCUT2D eigenvalue weighted by atomic mass is 15.0. The molecule has 0 radical (unpaired) electrons. The van der Waals surface area contributed by atoms with Gasteiger partial charge in [-0.25, -0.2) is 4.98 Å². The summed E-state index contributed by atoms with van der Waals surface area (Å²) < 4.78 is 2.36. The van der Waals surface area contributed by atoms with E-state index in [4.69, 9.17) is 4.98 Å². The molecule has 10 rings (SSSR count). The number of allylic oxidation sites excluding steroid dienone is 3. The van der Waals surface area contributed by atoms with Gasteiger partial charge >= 0.3 is 0 Å². The van der Waals surface area contributed by atoms with Crippen LogP contribution in [0.25, 0.3) is 88.2 Å². The maximum Gasteiger partial charge on any atom is 0.146 e. The number of para-hydroxylation sites is 2. The first-order valence-electron chi connectivity index (χ1n) is 16.0. The molecule has 0 saturated heterocycles. The van der Waals surface area contributed by atoms with Crippen LogP contribution in [0.4, 0.5) is 0 Å². The van der Waals surface area contributed by atoms with Gasteiger partial charge in [0.05, 0.1) is 16.6 Å². The molecule has 0 bridgehead atoms. The normalized spacial score (nSPS) is 13.0. The van der Waals surface area contributed by atoms with Crippen molar-refractivity contribution >= 4 is 66.0 Å². The number of fused-ring (bicyclic) bond motifs is 11. The van der Waals surface area contributed by atoms with Crippen molar-refractivity contribution in [3.63, 3.8) is 0 Å². The largest absolute Gasteiger partial charge is 0.292 e. The van der Waals surface area contributed by atoms with Crippen molar-refractivity contribution in [1.82, 2.24) is 9.38 Å². The second-order valence-electron chi connectivity index (χ2n) is 12.2. The van der Waals surface area contributed by atoms with Gasteiger partial charge in [0, 0.05) is 10.8 Å². The molecule has 46 heavy (non-hydrogen) atoms. The molecule has 0 fully saturated rings. The van der Waals surface area contributed by atoms with Crippen LogP contribution in [-0.2, 0) is 6.42 Å². The van der Waals surface area contributed by atoms with Gasteiger partial charge < -0.3 is 0 Å². The molecule has 0 N–H and O–H groups in total. The van der Waals surface area contributed by atoms with E-state index in [-0.39, 0.29) is 0 Å². The third-order valence-electron chi connectivity index (χ3n) is 9.80. The molecular formula is C44H28N2. The van der Waals surface area contributed by atoms with Gasteiger partial charge in [0.1, 0.15) is 5.65 Å². The lowest BCUT2D eigenvalue weighted by molar-refractivity contribution is 1.28. The summed E-state index contributed by atoms with van der Waals surface area (Å²) in [6.45, 7) is 0. The molecule has 0 amide bonds. The first-order chi connectivity index (χ1) is 22.8. The van der Waals surface area contributed by atoms with Crippen LogP contribution >= 0.6 is 0 Å². The fourth-order valence-electron chi connectivity index (χ4n) is 7.85. The van der Waals surface area contributed by atoms with Gasteiger partial charge in [-0.15, -0.1) is 0 Å². The third-order valence-corrected chi connectivity index (χ3v) is 9.80. The highest BCUT2D eigenvalue weighted by Gasteiger charge is 2.22. The Labute approximate surface area is 266 Å². The number of benzene rings is 7. The van der Waals surface area contributed by atoms with Crippen molar-refractivity contribution < 1.29 is 0 Å². The summed E-state index contributed by atoms with van der Waals surface area (Å²) in [5, 5.41) is 8.73. The zero-order chi connectivity index (χ0) is 30.2. The van der Waals surface area contributed by atoms with Gasteiger partial charge in [-0.1, -0.05) is 140 Å². The fraction of sp³-hybridized carbons (Fsp3) is 0.0227. The molecule has 2 heterocycles. The van der Waals surface area contributed by atoms with E-state index in [0.717, 1.165) is 23.1 Å². The molecule has 1 aliphatic rings. The molecule has 214 valence electrons. The van der Waals surface area contributed by atoms with Crippen LogP contribution in [0, 0.1) is 0 Å². The lowest BCUT2D eigenvalue weighted by Crippen LogP contribution is -2.00. The lowest BCUT2D eigenvalue weighted by atomic mass is 9.81. The Bertz CT molecular complexity index is 2770. The second kappa shape index (κ2) is 9.76. The van der Waals surface area contributed by atoms with Crippen molar-refractivity contribution in [1.29, 1.82) is 0 Å². The predicted molar refractivity (Wildman–Crippen MR) is 195 cm³/mol. The summed E-state index contributed by atoms with van der Waals surface area (Å²) in [6, 6.07) is 48.6. The van der Waals surface area contributed by atoms with Crippen molar-refractivity contribution in [2.45, 2.75) is 6.42 Å². The minimum atomic E-state index is 0.868. The number of nitrogens with zero attached hydrogens (tertiary/aromatic N) is 2. The Morgan fingerprint density at radius 2 is 1.24 bits per heavy atom. The van der Waals surface area contributed by atoms with Crippen molar-refractivity contribution in [3.05, 3.63) is 163 Å². The van der Waals surface area contributed by atoms with Crippen LogP contribution in [-0.4, -0.2) is 9.38 Å². The number of hydrogen-bond acceptors (Lipinski definition) is 1. The van der Waals surface area contributed by atoms with E-state index in [1.807, 2.05) is 0 Å². The van der Waals surface area contributed by atoms with E-state index >= 15 is 0 Å². The first kappa shape index (κ1) is 25.3. The van der Waals surface area contributed by atoms with Crippen LogP contribution < -0.4 is 0 Å². The van der Waals surface area contributed by atoms with Crippen LogP contribution in [0.1, 0.15) is 11.1 Å². The second-order valence-corrected chi connectivity index (χ2v) is 12.2. The SMILES string of the molecule is C1=CCc2c(c(-c3ccc4c5ccccc5c5nc6ccccc6n5c4c3)c3ccccc3c2-c2cccc3ccccc23)C=C1. The van der Waals surface area contributed by atoms with E-state index in [2.05, 4.69) is 162 Å². The minimum Gasteiger partial charge on any atom is -0.292 e. The molecule has 0 atom stereocenters. The van der Waals surface area contributed by atoms with Crippen molar-refractivity contribution in [2.24, 2.45) is 0 Å². The van der Waals surface area contributed by atoms with Gasteiger partial charge in [0.25, 0.3) is 0 Å². The molecule has 0 aliphatic heterocycles. The number of rotatable bonds is 2. The van der Waals surface area contributed by atoms with E-state index in [1.54, 1.807) is 0 Å². The quantitative estimate of drug-likeness (QED) is 0.185. The standard InChI is InChI=1S/C44H28N2/c1-2-17-34-36(18-3-1)43(33-22-12-14-28-13-4-5-15-30(28)33)37-20-8-7-19-35(37)42(34)29-25-26-32-31-16-6-9-21-38(31)44-45-39-23-10-11-24-40(39)46(44)41(32)27-29/h1-17,19-27H,18H2.